The highest BCUT2D eigenvalue weighted by Crippen LogP contribution is 2.35. The van der Waals surface area contributed by atoms with Gasteiger partial charge in [-0.05, 0) is 83.5 Å². The SMILES string of the molecule is CCCCC/C=C\C/C=C\C/C=C\C/C=C\C/C=C\CCC(=O)O[C@H](COC(=O)CCCCCCC/C=C\C/C=C\CCCCC)COP(=O)(O)O. The van der Waals surface area contributed by atoms with E-state index in [4.69, 9.17) is 19.3 Å². The van der Waals surface area contributed by atoms with Crippen LogP contribution in [0.25, 0.3) is 0 Å². The summed E-state index contributed by atoms with van der Waals surface area (Å²) in [6.07, 6.45) is 50.2. The molecule has 0 saturated carbocycles. The van der Waals surface area contributed by atoms with Crippen molar-refractivity contribution >= 4 is 19.8 Å². The maximum absolute atomic E-state index is 12.4. The zero-order valence-electron chi connectivity index (χ0n) is 32.4. The van der Waals surface area contributed by atoms with E-state index in [1.54, 1.807) is 0 Å². The predicted molar refractivity (Wildman–Crippen MR) is 216 cm³/mol. The van der Waals surface area contributed by atoms with Gasteiger partial charge in [0.05, 0.1) is 6.61 Å². The smallest absolute Gasteiger partial charge is 0.462 e. The second kappa shape index (κ2) is 38.0. The second-order valence-corrected chi connectivity index (χ2v) is 14.1. The number of phosphoric ester groups is 1. The monoisotopic (exact) mass is 746 g/mol. The fourth-order valence-corrected chi connectivity index (χ4v) is 5.27. The molecule has 0 aliphatic rings. The molecule has 0 aromatic carbocycles. The number of rotatable bonds is 35. The Morgan fingerprint density at radius 3 is 1.37 bits per heavy atom. The van der Waals surface area contributed by atoms with Gasteiger partial charge in [0.15, 0.2) is 6.10 Å². The van der Waals surface area contributed by atoms with Crippen LogP contribution in [0.2, 0.25) is 0 Å². The van der Waals surface area contributed by atoms with E-state index in [0.29, 0.717) is 12.8 Å². The Hall–Kier alpha value is -2.77. The van der Waals surface area contributed by atoms with Gasteiger partial charge in [-0.1, -0.05) is 144 Å². The van der Waals surface area contributed by atoms with Crippen LogP contribution in [0.5, 0.6) is 0 Å². The molecule has 8 nitrogen and oxygen atoms in total. The topological polar surface area (TPSA) is 119 Å². The van der Waals surface area contributed by atoms with Crippen LogP contribution in [-0.2, 0) is 28.2 Å². The van der Waals surface area contributed by atoms with Gasteiger partial charge in [-0.3, -0.25) is 14.1 Å². The summed E-state index contributed by atoms with van der Waals surface area (Å²) in [5, 5.41) is 0. The van der Waals surface area contributed by atoms with Crippen LogP contribution in [0.15, 0.2) is 85.1 Å². The first-order valence-electron chi connectivity index (χ1n) is 19.9. The number of carbonyl (C=O) groups is 2. The summed E-state index contributed by atoms with van der Waals surface area (Å²) >= 11 is 0. The molecule has 0 aromatic rings. The summed E-state index contributed by atoms with van der Waals surface area (Å²) < 4.78 is 26.2. The third kappa shape index (κ3) is 40.0. The largest absolute Gasteiger partial charge is 0.469 e. The number of carbonyl (C=O) groups excluding carboxylic acids is 2. The van der Waals surface area contributed by atoms with E-state index in [-0.39, 0.29) is 19.4 Å². The van der Waals surface area contributed by atoms with E-state index in [1.165, 1.54) is 51.4 Å². The summed E-state index contributed by atoms with van der Waals surface area (Å²) in [4.78, 5) is 42.7. The van der Waals surface area contributed by atoms with Crippen LogP contribution < -0.4 is 0 Å². The van der Waals surface area contributed by atoms with Crippen molar-refractivity contribution in [2.45, 2.75) is 161 Å². The minimum atomic E-state index is -4.78. The molecule has 0 aliphatic carbocycles. The molecule has 9 heteroatoms. The van der Waals surface area contributed by atoms with Gasteiger partial charge in [-0.2, -0.15) is 0 Å². The fraction of sp³-hybridized carbons (Fsp3) is 0.628. The van der Waals surface area contributed by atoms with Crippen molar-refractivity contribution in [3.63, 3.8) is 0 Å². The van der Waals surface area contributed by atoms with Crippen molar-refractivity contribution in [3.8, 4) is 0 Å². The molecule has 0 aromatic heterocycles. The van der Waals surface area contributed by atoms with Gasteiger partial charge in [0.1, 0.15) is 6.61 Å². The number of unbranched alkanes of at least 4 members (excludes halogenated alkanes) is 11. The number of allylic oxidation sites excluding steroid dienone is 14. The average Bonchev–Trinajstić information content (AvgIpc) is 3.11. The van der Waals surface area contributed by atoms with Crippen molar-refractivity contribution in [1.82, 2.24) is 0 Å². The molecule has 0 spiro atoms. The third-order valence-electron chi connectivity index (χ3n) is 7.90. The van der Waals surface area contributed by atoms with E-state index < -0.39 is 32.5 Å². The summed E-state index contributed by atoms with van der Waals surface area (Å²) in [5.41, 5.74) is 0. The number of ether oxygens (including phenoxy) is 2. The van der Waals surface area contributed by atoms with Gasteiger partial charge in [0.25, 0.3) is 0 Å². The molecule has 52 heavy (non-hydrogen) atoms. The normalized spacial score (nSPS) is 13.4. The Balaban J connectivity index is 4.13. The number of phosphoric acid groups is 1. The zero-order valence-corrected chi connectivity index (χ0v) is 33.3. The van der Waals surface area contributed by atoms with E-state index >= 15 is 0 Å². The van der Waals surface area contributed by atoms with Gasteiger partial charge in [0, 0.05) is 12.8 Å². The quantitative estimate of drug-likeness (QED) is 0.0285. The summed E-state index contributed by atoms with van der Waals surface area (Å²) in [6.45, 7) is 3.54. The molecule has 0 amide bonds. The first kappa shape index (κ1) is 49.2. The molecule has 296 valence electrons. The zero-order chi connectivity index (χ0) is 38.2. The first-order chi connectivity index (χ1) is 25.3. The summed E-state index contributed by atoms with van der Waals surface area (Å²) in [6, 6.07) is 0. The summed E-state index contributed by atoms with van der Waals surface area (Å²) in [5.74, 6) is -1.01. The van der Waals surface area contributed by atoms with Gasteiger partial charge in [0.2, 0.25) is 0 Å². The summed E-state index contributed by atoms with van der Waals surface area (Å²) in [7, 11) is -4.78. The highest BCUT2D eigenvalue weighted by Gasteiger charge is 2.22. The lowest BCUT2D eigenvalue weighted by atomic mass is 10.1. The molecule has 0 heterocycles. The number of hydrogen-bond acceptors (Lipinski definition) is 6. The number of esters is 2. The molecular weight excluding hydrogens is 675 g/mol. The Morgan fingerprint density at radius 2 is 0.904 bits per heavy atom. The highest BCUT2D eigenvalue weighted by atomic mass is 31.2. The van der Waals surface area contributed by atoms with E-state index in [2.05, 4.69) is 91.3 Å². The van der Waals surface area contributed by atoms with Crippen molar-refractivity contribution < 1.29 is 37.9 Å². The molecule has 1 atom stereocenters. The predicted octanol–water partition coefficient (Wildman–Crippen LogP) is 12.1. The second-order valence-electron chi connectivity index (χ2n) is 12.9. The van der Waals surface area contributed by atoms with Crippen LogP contribution in [0.3, 0.4) is 0 Å². The minimum absolute atomic E-state index is 0.0808. The molecule has 0 radical (unpaired) electrons. The van der Waals surface area contributed by atoms with Gasteiger partial charge >= 0.3 is 19.8 Å². The van der Waals surface area contributed by atoms with Gasteiger partial charge in [-0.15, -0.1) is 0 Å². The molecule has 0 fully saturated rings. The Morgan fingerprint density at radius 1 is 0.500 bits per heavy atom. The average molecular weight is 747 g/mol. The van der Waals surface area contributed by atoms with Crippen molar-refractivity contribution in [3.05, 3.63) is 85.1 Å². The molecular formula is C43H71O8P. The minimum Gasteiger partial charge on any atom is -0.462 e. The van der Waals surface area contributed by atoms with E-state index in [0.717, 1.165) is 64.2 Å². The molecule has 0 saturated heterocycles. The van der Waals surface area contributed by atoms with E-state index in [1.807, 2.05) is 12.2 Å². The van der Waals surface area contributed by atoms with Crippen LogP contribution in [0.1, 0.15) is 155 Å². The van der Waals surface area contributed by atoms with Crippen LogP contribution in [0.4, 0.5) is 0 Å². The Labute approximate surface area is 316 Å². The number of hydrogen-bond donors (Lipinski definition) is 2. The molecule has 0 rings (SSSR count). The van der Waals surface area contributed by atoms with Crippen molar-refractivity contribution in [2.24, 2.45) is 0 Å². The molecule has 0 aliphatic heterocycles. The Kier molecular flexibility index (Phi) is 35.9. The third-order valence-corrected chi connectivity index (χ3v) is 8.39. The lowest BCUT2D eigenvalue weighted by Gasteiger charge is -2.18. The molecule has 0 bridgehead atoms. The molecule has 2 N–H and O–H groups in total. The standard InChI is InChI=1S/C43H71O8P/c1-3-5-7-9-11-13-15-17-19-20-21-22-24-26-28-30-32-34-36-38-43(45)51-41(40-50-52(46,47)48)39-49-42(44)37-35-33-31-29-27-25-23-18-16-14-12-10-8-6-4-2/h11-14,17-19,21-23,26,28,32,34,41H,3-10,15-16,20,24-25,27,29-31,33,35-40H2,1-2H3,(H2,46,47,48)/b13-11-,14-12-,19-17-,22-21-,23-18-,28-26-,34-32-/t41-/m1/s1. The Bertz CT molecular complexity index is 1110. The van der Waals surface area contributed by atoms with Crippen LogP contribution in [-0.4, -0.2) is 41.0 Å². The van der Waals surface area contributed by atoms with E-state index in [9.17, 15) is 14.2 Å². The van der Waals surface area contributed by atoms with Crippen molar-refractivity contribution in [2.75, 3.05) is 13.2 Å². The van der Waals surface area contributed by atoms with Crippen molar-refractivity contribution in [1.29, 1.82) is 0 Å². The van der Waals surface area contributed by atoms with Gasteiger partial charge in [-0.25, -0.2) is 4.57 Å². The lowest BCUT2D eigenvalue weighted by molar-refractivity contribution is -0.161. The maximum Gasteiger partial charge on any atom is 0.469 e. The fourth-order valence-electron chi connectivity index (χ4n) is 4.91. The lowest BCUT2D eigenvalue weighted by Crippen LogP contribution is -2.29. The molecule has 0 unspecified atom stereocenters. The maximum atomic E-state index is 12.4. The highest BCUT2D eigenvalue weighted by molar-refractivity contribution is 7.46. The first-order valence-corrected chi connectivity index (χ1v) is 21.4. The van der Waals surface area contributed by atoms with Crippen LogP contribution >= 0.6 is 7.82 Å². The van der Waals surface area contributed by atoms with Gasteiger partial charge < -0.3 is 19.3 Å². The van der Waals surface area contributed by atoms with Crippen LogP contribution in [0, 0.1) is 0 Å².